The Bertz CT molecular complexity index is 1480. The summed E-state index contributed by atoms with van der Waals surface area (Å²) < 4.78 is 15.9. The first-order chi connectivity index (χ1) is 20.3. The third-order valence-electron chi connectivity index (χ3n) is 8.66. The van der Waals surface area contributed by atoms with Gasteiger partial charge in [-0.3, -0.25) is 19.3 Å². The standard InChI is InChI=1S/C33H32N2O7/c1-17(2)30(33(39)42-16-25(36)34-23-15-18(40-3)13-14-24(23)41-4)35-31(37)28-26-19-9-5-6-10-20(19)27(29(28)32(35)38)22-12-8-7-11-21(22)26/h5-15,17,26-30H,16H2,1-4H3,(H,34,36)/t26?,27?,28-,29-,30+/m1/s1. The molecule has 3 atom stereocenters. The van der Waals surface area contributed by atoms with Gasteiger partial charge in [-0.15, -0.1) is 0 Å². The number of carbonyl (C=O) groups excluding carboxylic acids is 4. The van der Waals surface area contributed by atoms with E-state index in [1.165, 1.54) is 14.2 Å². The minimum Gasteiger partial charge on any atom is -0.497 e. The lowest BCUT2D eigenvalue weighted by molar-refractivity contribution is -0.162. The summed E-state index contributed by atoms with van der Waals surface area (Å²) in [6.45, 7) is 2.91. The Balaban J connectivity index is 1.24. The van der Waals surface area contributed by atoms with Gasteiger partial charge in [-0.1, -0.05) is 62.4 Å². The third kappa shape index (κ3) is 4.22. The molecular weight excluding hydrogens is 536 g/mol. The van der Waals surface area contributed by atoms with Crippen molar-refractivity contribution in [1.29, 1.82) is 0 Å². The quantitative estimate of drug-likeness (QED) is 0.322. The van der Waals surface area contributed by atoms with Crippen molar-refractivity contribution in [3.8, 4) is 11.5 Å². The molecule has 3 aromatic carbocycles. The second-order valence-electron chi connectivity index (χ2n) is 11.2. The molecule has 0 spiro atoms. The molecule has 3 aliphatic carbocycles. The SMILES string of the molecule is COc1ccc(OC)c(NC(=O)COC(=O)[C@H](C(C)C)N2C(=O)[C@@H]3C4c5ccccc5C(c5ccccc54)[C@H]3C2=O)c1. The second kappa shape index (κ2) is 10.6. The van der Waals surface area contributed by atoms with Crippen molar-refractivity contribution in [2.24, 2.45) is 17.8 Å². The van der Waals surface area contributed by atoms with Crippen LogP contribution in [0.4, 0.5) is 5.69 Å². The van der Waals surface area contributed by atoms with E-state index in [1.807, 2.05) is 48.5 Å². The van der Waals surface area contributed by atoms with Gasteiger partial charge in [0.05, 0.1) is 31.7 Å². The summed E-state index contributed by atoms with van der Waals surface area (Å²) in [7, 11) is 2.97. The van der Waals surface area contributed by atoms with Crippen molar-refractivity contribution in [2.45, 2.75) is 31.7 Å². The number of amides is 3. The highest BCUT2D eigenvalue weighted by atomic mass is 16.5. The maximum atomic E-state index is 14.1. The van der Waals surface area contributed by atoms with Crippen molar-refractivity contribution in [3.63, 3.8) is 0 Å². The summed E-state index contributed by atoms with van der Waals surface area (Å²) in [6.07, 6.45) is 0. The number of likely N-dealkylation sites (tertiary alicyclic amines) is 1. The van der Waals surface area contributed by atoms with Gasteiger partial charge in [0.1, 0.15) is 17.5 Å². The highest BCUT2D eigenvalue weighted by molar-refractivity contribution is 6.10. The molecule has 4 aliphatic rings. The minimum absolute atomic E-state index is 0.277. The number of esters is 1. The van der Waals surface area contributed by atoms with Crippen molar-refractivity contribution >= 4 is 29.4 Å². The van der Waals surface area contributed by atoms with Crippen LogP contribution in [0, 0.1) is 17.8 Å². The Kier molecular flexibility index (Phi) is 6.96. The molecule has 9 nitrogen and oxygen atoms in total. The predicted molar refractivity (Wildman–Crippen MR) is 153 cm³/mol. The predicted octanol–water partition coefficient (Wildman–Crippen LogP) is 4.10. The van der Waals surface area contributed by atoms with E-state index >= 15 is 0 Å². The summed E-state index contributed by atoms with van der Waals surface area (Å²) in [4.78, 5) is 55.6. The highest BCUT2D eigenvalue weighted by Crippen LogP contribution is 2.61. The van der Waals surface area contributed by atoms with E-state index in [0.717, 1.165) is 27.2 Å². The lowest BCUT2D eigenvalue weighted by atomic mass is 9.55. The lowest BCUT2D eigenvalue weighted by Gasteiger charge is -2.45. The maximum absolute atomic E-state index is 14.1. The van der Waals surface area contributed by atoms with Crippen LogP contribution in [0.15, 0.2) is 66.7 Å². The zero-order valence-electron chi connectivity index (χ0n) is 23.8. The summed E-state index contributed by atoms with van der Waals surface area (Å²) in [5.41, 5.74) is 4.57. The number of nitrogens with zero attached hydrogens (tertiary/aromatic N) is 1. The van der Waals surface area contributed by atoms with Crippen LogP contribution in [0.3, 0.4) is 0 Å². The molecule has 7 rings (SSSR count). The summed E-state index contributed by atoms with van der Waals surface area (Å²) in [5.74, 6) is -3.44. The molecule has 1 N–H and O–H groups in total. The van der Waals surface area contributed by atoms with E-state index in [9.17, 15) is 19.2 Å². The topological polar surface area (TPSA) is 111 Å². The van der Waals surface area contributed by atoms with E-state index in [-0.39, 0.29) is 23.7 Å². The average Bonchev–Trinajstić information content (AvgIpc) is 3.25. The molecule has 216 valence electrons. The summed E-state index contributed by atoms with van der Waals surface area (Å²) >= 11 is 0. The van der Waals surface area contributed by atoms with Crippen LogP contribution in [0.1, 0.15) is 47.9 Å². The average molecular weight is 569 g/mol. The van der Waals surface area contributed by atoms with Crippen molar-refractivity contribution < 1.29 is 33.4 Å². The van der Waals surface area contributed by atoms with E-state index in [4.69, 9.17) is 14.2 Å². The smallest absolute Gasteiger partial charge is 0.330 e. The number of benzene rings is 3. The van der Waals surface area contributed by atoms with Gasteiger partial charge in [-0.25, -0.2) is 4.79 Å². The monoisotopic (exact) mass is 568 g/mol. The number of imide groups is 1. The van der Waals surface area contributed by atoms with Gasteiger partial charge in [-0.05, 0) is 40.3 Å². The van der Waals surface area contributed by atoms with Crippen molar-refractivity contribution in [2.75, 3.05) is 26.1 Å². The Hall–Kier alpha value is -4.66. The van der Waals surface area contributed by atoms with Crippen LogP contribution in [-0.2, 0) is 23.9 Å². The van der Waals surface area contributed by atoms with Gasteiger partial charge in [0.15, 0.2) is 6.61 Å². The maximum Gasteiger partial charge on any atom is 0.330 e. The third-order valence-corrected chi connectivity index (χ3v) is 8.66. The molecule has 1 fully saturated rings. The van der Waals surface area contributed by atoms with Crippen LogP contribution in [0.2, 0.25) is 0 Å². The zero-order chi connectivity index (χ0) is 29.7. The number of methoxy groups -OCH3 is 2. The number of carbonyl (C=O) groups is 4. The van der Waals surface area contributed by atoms with Crippen molar-refractivity contribution in [3.05, 3.63) is 89.0 Å². The lowest BCUT2D eigenvalue weighted by Crippen LogP contribution is -2.49. The van der Waals surface area contributed by atoms with Gasteiger partial charge >= 0.3 is 5.97 Å². The Morgan fingerprint density at radius 2 is 1.33 bits per heavy atom. The molecule has 0 aromatic heterocycles. The Labute approximate surface area is 243 Å². The van der Waals surface area contributed by atoms with Gasteiger partial charge in [0.25, 0.3) is 5.91 Å². The van der Waals surface area contributed by atoms with Gasteiger partial charge in [0, 0.05) is 17.9 Å². The molecule has 9 heteroatoms. The van der Waals surface area contributed by atoms with Crippen LogP contribution in [0.25, 0.3) is 0 Å². The van der Waals surface area contributed by atoms with E-state index in [0.29, 0.717) is 17.2 Å². The number of anilines is 1. The molecule has 0 unspecified atom stereocenters. The van der Waals surface area contributed by atoms with Gasteiger partial charge in [-0.2, -0.15) is 0 Å². The number of hydrogen-bond donors (Lipinski definition) is 1. The number of hydrogen-bond acceptors (Lipinski definition) is 7. The van der Waals surface area contributed by atoms with E-state index in [2.05, 4.69) is 5.32 Å². The van der Waals surface area contributed by atoms with Crippen LogP contribution < -0.4 is 14.8 Å². The summed E-state index contributed by atoms with van der Waals surface area (Å²) in [6, 6.07) is 19.7. The Morgan fingerprint density at radius 1 is 0.810 bits per heavy atom. The minimum atomic E-state index is -1.17. The van der Waals surface area contributed by atoms with Crippen LogP contribution in [-0.4, -0.2) is 55.5 Å². The van der Waals surface area contributed by atoms with Crippen molar-refractivity contribution in [1.82, 2.24) is 4.90 Å². The summed E-state index contributed by atoms with van der Waals surface area (Å²) in [5, 5.41) is 2.66. The number of ether oxygens (including phenoxy) is 3. The number of nitrogens with one attached hydrogen (secondary N) is 1. The second-order valence-corrected chi connectivity index (χ2v) is 11.2. The molecule has 1 aliphatic heterocycles. The van der Waals surface area contributed by atoms with E-state index < -0.39 is 42.3 Å². The fraction of sp³-hybridized carbons (Fsp3) is 0.333. The van der Waals surface area contributed by atoms with Gasteiger partial charge < -0.3 is 19.5 Å². The first kappa shape index (κ1) is 27.5. The molecule has 0 radical (unpaired) electrons. The highest BCUT2D eigenvalue weighted by Gasteiger charge is 2.63. The molecular formula is C33H32N2O7. The fourth-order valence-corrected chi connectivity index (χ4v) is 6.97. The molecule has 1 saturated heterocycles. The normalized spacial score (nSPS) is 22.3. The zero-order valence-corrected chi connectivity index (χ0v) is 23.8. The molecule has 3 aromatic rings. The van der Waals surface area contributed by atoms with E-state index in [1.54, 1.807) is 32.0 Å². The molecule has 42 heavy (non-hydrogen) atoms. The Morgan fingerprint density at radius 3 is 1.79 bits per heavy atom. The molecule has 3 amide bonds. The number of rotatable bonds is 8. The molecule has 0 saturated carbocycles. The van der Waals surface area contributed by atoms with Gasteiger partial charge in [0.2, 0.25) is 11.8 Å². The first-order valence-electron chi connectivity index (χ1n) is 14.0. The van der Waals surface area contributed by atoms with Crippen LogP contribution >= 0.6 is 0 Å². The fourth-order valence-electron chi connectivity index (χ4n) is 6.97. The van der Waals surface area contributed by atoms with Crippen LogP contribution in [0.5, 0.6) is 11.5 Å². The largest absolute Gasteiger partial charge is 0.497 e. The first-order valence-corrected chi connectivity index (χ1v) is 14.0. The molecule has 1 heterocycles. The molecule has 2 bridgehead atoms.